The molecule has 3 heterocycles. The summed E-state index contributed by atoms with van der Waals surface area (Å²) in [6.45, 7) is 1.56. The second kappa shape index (κ2) is 5.01. The van der Waals surface area contributed by atoms with Crippen LogP contribution >= 0.6 is 0 Å². The van der Waals surface area contributed by atoms with E-state index < -0.39 is 0 Å². The molecule has 0 bridgehead atoms. The summed E-state index contributed by atoms with van der Waals surface area (Å²) in [4.78, 5) is 16.3. The summed E-state index contributed by atoms with van der Waals surface area (Å²) in [7, 11) is 1.38. The smallest absolute Gasteiger partial charge is 0.341 e. The molecule has 0 N–H and O–H groups in total. The van der Waals surface area contributed by atoms with Gasteiger partial charge < -0.3 is 13.9 Å². The van der Waals surface area contributed by atoms with E-state index in [-0.39, 0.29) is 5.97 Å². The van der Waals surface area contributed by atoms with Gasteiger partial charge >= 0.3 is 5.97 Å². The van der Waals surface area contributed by atoms with Crippen molar-refractivity contribution >= 4 is 11.6 Å². The summed E-state index contributed by atoms with van der Waals surface area (Å²) < 4.78 is 12.0. The molecule has 0 amide bonds. The lowest BCUT2D eigenvalue weighted by Crippen LogP contribution is -2.14. The molecule has 0 aliphatic carbocycles. The number of fused-ring (bicyclic) bond motifs is 1. The lowest BCUT2D eigenvalue weighted by Gasteiger charge is -2.19. The first-order valence-corrected chi connectivity index (χ1v) is 6.43. The minimum Gasteiger partial charge on any atom is -0.465 e. The van der Waals surface area contributed by atoms with Gasteiger partial charge in [-0.3, -0.25) is 0 Å². The Labute approximate surface area is 111 Å². The molecule has 0 aromatic carbocycles. The van der Waals surface area contributed by atoms with E-state index in [9.17, 15) is 4.79 Å². The van der Waals surface area contributed by atoms with Crippen LogP contribution in [0.15, 0.2) is 24.5 Å². The molecule has 2 aromatic rings. The first kappa shape index (κ1) is 12.2. The van der Waals surface area contributed by atoms with Gasteiger partial charge in [-0.25, -0.2) is 9.78 Å². The van der Waals surface area contributed by atoms with Gasteiger partial charge in [0.2, 0.25) is 0 Å². The van der Waals surface area contributed by atoms with Crippen molar-refractivity contribution in [3.63, 3.8) is 0 Å². The van der Waals surface area contributed by atoms with Crippen molar-refractivity contribution in [2.45, 2.75) is 18.8 Å². The predicted molar refractivity (Wildman–Crippen MR) is 69.3 cm³/mol. The number of imidazole rings is 1. The van der Waals surface area contributed by atoms with E-state index in [0.717, 1.165) is 31.7 Å². The van der Waals surface area contributed by atoms with Crippen molar-refractivity contribution in [2.24, 2.45) is 0 Å². The summed E-state index contributed by atoms with van der Waals surface area (Å²) in [5.74, 6) is 0.0638. The standard InChI is InChI=1S/C14H16N2O3/c1-18-14(17)11-3-2-6-16-9-12(15-13(11)16)10-4-7-19-8-5-10/h2-3,6,9-10H,4-5,7-8H2,1H3. The molecule has 0 unspecified atom stereocenters. The Bertz CT molecular complexity index is 600. The molecule has 0 atom stereocenters. The summed E-state index contributed by atoms with van der Waals surface area (Å²) in [5, 5.41) is 0. The lowest BCUT2D eigenvalue weighted by atomic mass is 9.97. The number of carbonyl (C=O) groups excluding carboxylic acids is 1. The Morgan fingerprint density at radius 2 is 2.26 bits per heavy atom. The maximum atomic E-state index is 11.7. The third kappa shape index (κ3) is 2.21. The molecule has 1 aliphatic rings. The zero-order valence-electron chi connectivity index (χ0n) is 10.8. The number of nitrogens with zero attached hydrogens (tertiary/aromatic N) is 2. The number of ether oxygens (including phenoxy) is 2. The fourth-order valence-corrected chi connectivity index (χ4v) is 2.49. The van der Waals surface area contributed by atoms with Crippen LogP contribution in [0.3, 0.4) is 0 Å². The van der Waals surface area contributed by atoms with Gasteiger partial charge in [-0.2, -0.15) is 0 Å². The number of esters is 1. The molecular weight excluding hydrogens is 244 g/mol. The summed E-state index contributed by atoms with van der Waals surface area (Å²) >= 11 is 0. The minimum absolute atomic E-state index is 0.352. The maximum Gasteiger partial charge on any atom is 0.341 e. The van der Waals surface area contributed by atoms with Crippen LogP contribution in [0.2, 0.25) is 0 Å². The van der Waals surface area contributed by atoms with Crippen LogP contribution in [0.4, 0.5) is 0 Å². The normalized spacial score (nSPS) is 16.7. The highest BCUT2D eigenvalue weighted by Gasteiger charge is 2.20. The van der Waals surface area contributed by atoms with Gasteiger partial charge in [0.25, 0.3) is 0 Å². The molecule has 1 saturated heterocycles. The fourth-order valence-electron chi connectivity index (χ4n) is 2.49. The van der Waals surface area contributed by atoms with E-state index in [2.05, 4.69) is 4.98 Å². The molecule has 19 heavy (non-hydrogen) atoms. The highest BCUT2D eigenvalue weighted by atomic mass is 16.5. The number of carbonyl (C=O) groups is 1. The lowest BCUT2D eigenvalue weighted by molar-refractivity contribution is 0.0602. The van der Waals surface area contributed by atoms with E-state index in [1.807, 2.05) is 22.9 Å². The molecular formula is C14H16N2O3. The number of hydrogen-bond donors (Lipinski definition) is 0. The molecule has 0 spiro atoms. The molecule has 1 fully saturated rings. The van der Waals surface area contributed by atoms with Crippen molar-refractivity contribution in [3.8, 4) is 0 Å². The molecule has 0 radical (unpaired) electrons. The average Bonchev–Trinajstić information content (AvgIpc) is 2.91. The number of methoxy groups -OCH3 is 1. The zero-order valence-corrected chi connectivity index (χ0v) is 10.8. The monoisotopic (exact) mass is 260 g/mol. The average molecular weight is 260 g/mol. The van der Waals surface area contributed by atoms with Crippen molar-refractivity contribution in [2.75, 3.05) is 20.3 Å². The number of hydrogen-bond acceptors (Lipinski definition) is 4. The number of aromatic nitrogens is 2. The Hall–Kier alpha value is -1.88. The van der Waals surface area contributed by atoms with Crippen molar-refractivity contribution in [1.29, 1.82) is 0 Å². The molecule has 100 valence electrons. The van der Waals surface area contributed by atoms with Crippen LogP contribution < -0.4 is 0 Å². The van der Waals surface area contributed by atoms with Gasteiger partial charge in [-0.15, -0.1) is 0 Å². The fraction of sp³-hybridized carbons (Fsp3) is 0.429. The highest BCUT2D eigenvalue weighted by molar-refractivity contribution is 5.95. The van der Waals surface area contributed by atoms with Gasteiger partial charge in [0.05, 0.1) is 12.8 Å². The van der Waals surface area contributed by atoms with Crippen molar-refractivity contribution < 1.29 is 14.3 Å². The minimum atomic E-state index is -0.352. The van der Waals surface area contributed by atoms with Crippen LogP contribution in [-0.4, -0.2) is 35.7 Å². The molecule has 5 heteroatoms. The first-order valence-electron chi connectivity index (χ1n) is 6.43. The highest BCUT2D eigenvalue weighted by Crippen LogP contribution is 2.27. The zero-order chi connectivity index (χ0) is 13.2. The second-order valence-corrected chi connectivity index (χ2v) is 4.70. The Balaban J connectivity index is 2.02. The Kier molecular flexibility index (Phi) is 3.21. The number of pyridine rings is 1. The predicted octanol–water partition coefficient (Wildman–Crippen LogP) is 2.01. The van der Waals surface area contributed by atoms with E-state index in [1.54, 1.807) is 6.07 Å². The van der Waals surface area contributed by atoms with Crippen LogP contribution in [-0.2, 0) is 9.47 Å². The maximum absolute atomic E-state index is 11.7. The van der Waals surface area contributed by atoms with Gasteiger partial charge in [0, 0.05) is 31.5 Å². The Morgan fingerprint density at radius 3 is 3.00 bits per heavy atom. The van der Waals surface area contributed by atoms with E-state index in [4.69, 9.17) is 9.47 Å². The van der Waals surface area contributed by atoms with Gasteiger partial charge in [-0.05, 0) is 25.0 Å². The SMILES string of the molecule is COC(=O)c1cccn2cc(C3CCOCC3)nc12. The van der Waals surface area contributed by atoms with E-state index in [0.29, 0.717) is 17.1 Å². The van der Waals surface area contributed by atoms with Crippen LogP contribution in [0, 0.1) is 0 Å². The molecule has 2 aromatic heterocycles. The molecule has 0 saturated carbocycles. The molecule has 3 rings (SSSR count). The van der Waals surface area contributed by atoms with Crippen LogP contribution in [0.5, 0.6) is 0 Å². The third-order valence-electron chi connectivity index (χ3n) is 3.55. The topological polar surface area (TPSA) is 52.8 Å². The van der Waals surface area contributed by atoms with Gasteiger partial charge in [0.15, 0.2) is 5.65 Å². The Morgan fingerprint density at radius 1 is 1.47 bits per heavy atom. The summed E-state index contributed by atoms with van der Waals surface area (Å²) in [5.41, 5.74) is 2.19. The quantitative estimate of drug-likeness (QED) is 0.775. The second-order valence-electron chi connectivity index (χ2n) is 4.70. The van der Waals surface area contributed by atoms with Crippen molar-refractivity contribution in [1.82, 2.24) is 9.38 Å². The largest absolute Gasteiger partial charge is 0.465 e. The van der Waals surface area contributed by atoms with Crippen LogP contribution in [0.1, 0.15) is 34.8 Å². The molecule has 5 nitrogen and oxygen atoms in total. The number of rotatable bonds is 2. The summed E-state index contributed by atoms with van der Waals surface area (Å²) in [6, 6.07) is 3.57. The summed E-state index contributed by atoms with van der Waals surface area (Å²) in [6.07, 6.45) is 5.87. The van der Waals surface area contributed by atoms with Crippen molar-refractivity contribution in [3.05, 3.63) is 35.8 Å². The third-order valence-corrected chi connectivity index (χ3v) is 3.55. The first-order chi connectivity index (χ1) is 9.29. The van der Waals surface area contributed by atoms with Crippen LogP contribution in [0.25, 0.3) is 5.65 Å². The molecule has 1 aliphatic heterocycles. The van der Waals surface area contributed by atoms with Gasteiger partial charge in [0.1, 0.15) is 5.56 Å². The van der Waals surface area contributed by atoms with Gasteiger partial charge in [-0.1, -0.05) is 0 Å². The van der Waals surface area contributed by atoms with E-state index in [1.165, 1.54) is 7.11 Å². The van der Waals surface area contributed by atoms with E-state index >= 15 is 0 Å².